The van der Waals surface area contributed by atoms with E-state index in [2.05, 4.69) is 15.5 Å². The minimum Gasteiger partial charge on any atom is -0.497 e. The Balaban J connectivity index is 1.40. The molecular formula is C23H23N3O3. The number of anilines is 1. The Kier molecular flexibility index (Phi) is 4.54. The van der Waals surface area contributed by atoms with Gasteiger partial charge >= 0.3 is 0 Å². The number of ether oxygens (including phenoxy) is 1. The summed E-state index contributed by atoms with van der Waals surface area (Å²) < 4.78 is 10.9. The lowest BCUT2D eigenvalue weighted by Gasteiger charge is -2.27. The molecule has 0 radical (unpaired) electrons. The van der Waals surface area contributed by atoms with Gasteiger partial charge in [-0.1, -0.05) is 41.6 Å². The third-order valence-corrected chi connectivity index (χ3v) is 6.32. The van der Waals surface area contributed by atoms with Gasteiger partial charge in [-0.15, -0.1) is 0 Å². The molecular weight excluding hydrogens is 366 g/mol. The summed E-state index contributed by atoms with van der Waals surface area (Å²) in [6.07, 6.45) is 3.24. The van der Waals surface area contributed by atoms with Gasteiger partial charge < -0.3 is 14.6 Å². The Morgan fingerprint density at radius 3 is 2.76 bits per heavy atom. The standard InChI is InChI=1S/C23H23N3O3/c1-28-18-9-5-8-17(13-18)24-22(27)19-15-10-11-16(12-15)20(19)23-25-21(26-29-23)14-6-3-2-4-7-14/h2-9,13,15-16,19-20H,10-12H2,1H3,(H,24,27)/t15-,16+,19-,20-/m0/s1. The number of hydrogen-bond donors (Lipinski definition) is 1. The molecule has 1 amide bonds. The van der Waals surface area contributed by atoms with E-state index in [1.165, 1.54) is 0 Å². The van der Waals surface area contributed by atoms with Gasteiger partial charge in [0.25, 0.3) is 0 Å². The Morgan fingerprint density at radius 1 is 1.10 bits per heavy atom. The fourth-order valence-corrected chi connectivity index (χ4v) is 5.03. The number of nitrogens with zero attached hydrogens (tertiary/aromatic N) is 2. The van der Waals surface area contributed by atoms with E-state index < -0.39 is 0 Å². The van der Waals surface area contributed by atoms with Crippen molar-refractivity contribution in [1.82, 2.24) is 10.1 Å². The second kappa shape index (κ2) is 7.35. The predicted molar refractivity (Wildman–Crippen MR) is 108 cm³/mol. The van der Waals surface area contributed by atoms with Crippen LogP contribution in [0.1, 0.15) is 31.1 Å². The van der Waals surface area contributed by atoms with Crippen molar-refractivity contribution in [3.05, 3.63) is 60.5 Å². The van der Waals surface area contributed by atoms with Gasteiger partial charge in [-0.2, -0.15) is 4.98 Å². The first-order chi connectivity index (χ1) is 14.2. The smallest absolute Gasteiger partial charge is 0.231 e. The SMILES string of the molecule is COc1cccc(NC(=O)[C@H]2[C@H]3CC[C@H](C3)[C@@H]2c2nc(-c3ccccc3)no2)c1. The third-order valence-electron chi connectivity index (χ3n) is 6.32. The summed E-state index contributed by atoms with van der Waals surface area (Å²) in [5.41, 5.74) is 1.66. The molecule has 2 bridgehead atoms. The molecule has 6 heteroatoms. The van der Waals surface area contributed by atoms with Crippen molar-refractivity contribution in [3.8, 4) is 17.1 Å². The molecule has 2 aliphatic carbocycles. The average Bonchev–Trinajstić information content (AvgIpc) is 3.50. The van der Waals surface area contributed by atoms with E-state index in [9.17, 15) is 4.79 Å². The van der Waals surface area contributed by atoms with Crippen LogP contribution < -0.4 is 10.1 Å². The quantitative estimate of drug-likeness (QED) is 0.694. The number of fused-ring (bicyclic) bond motifs is 2. The highest BCUT2D eigenvalue weighted by atomic mass is 16.5. The van der Waals surface area contributed by atoms with Crippen molar-refractivity contribution in [3.63, 3.8) is 0 Å². The monoisotopic (exact) mass is 389 g/mol. The van der Waals surface area contributed by atoms with Crippen LogP contribution in [0, 0.1) is 17.8 Å². The van der Waals surface area contributed by atoms with E-state index in [0.29, 0.717) is 23.6 Å². The number of benzene rings is 2. The fraction of sp³-hybridized carbons (Fsp3) is 0.348. The molecule has 2 fully saturated rings. The summed E-state index contributed by atoms with van der Waals surface area (Å²) in [7, 11) is 1.62. The number of hydrogen-bond acceptors (Lipinski definition) is 5. The highest BCUT2D eigenvalue weighted by Crippen LogP contribution is 2.56. The Morgan fingerprint density at radius 2 is 1.93 bits per heavy atom. The largest absolute Gasteiger partial charge is 0.497 e. The van der Waals surface area contributed by atoms with E-state index >= 15 is 0 Å². The molecule has 1 N–H and O–H groups in total. The molecule has 2 saturated carbocycles. The maximum absolute atomic E-state index is 13.2. The Bertz CT molecular complexity index is 1020. The van der Waals surface area contributed by atoms with Gasteiger partial charge in [-0.3, -0.25) is 4.79 Å². The van der Waals surface area contributed by atoms with Crippen LogP contribution in [-0.2, 0) is 4.79 Å². The molecule has 2 aromatic carbocycles. The minimum absolute atomic E-state index is 0.0231. The van der Waals surface area contributed by atoms with Gasteiger partial charge in [0.2, 0.25) is 17.6 Å². The number of rotatable bonds is 5. The molecule has 1 aromatic heterocycles. The van der Waals surface area contributed by atoms with Crippen molar-refractivity contribution >= 4 is 11.6 Å². The lowest BCUT2D eigenvalue weighted by molar-refractivity contribution is -0.122. The summed E-state index contributed by atoms with van der Waals surface area (Å²) in [6.45, 7) is 0. The number of carbonyl (C=O) groups excluding carboxylic acids is 1. The van der Waals surface area contributed by atoms with Crippen LogP contribution in [0.4, 0.5) is 5.69 Å². The summed E-state index contributed by atoms with van der Waals surface area (Å²) in [4.78, 5) is 17.9. The highest BCUT2D eigenvalue weighted by molar-refractivity contribution is 5.94. The zero-order valence-electron chi connectivity index (χ0n) is 16.2. The average molecular weight is 389 g/mol. The van der Waals surface area contributed by atoms with Crippen molar-refractivity contribution in [2.75, 3.05) is 12.4 Å². The van der Waals surface area contributed by atoms with E-state index in [4.69, 9.17) is 9.26 Å². The first-order valence-electron chi connectivity index (χ1n) is 10.1. The fourth-order valence-electron chi connectivity index (χ4n) is 5.03. The van der Waals surface area contributed by atoms with E-state index in [1.807, 2.05) is 54.6 Å². The Labute approximate surface area is 169 Å². The van der Waals surface area contributed by atoms with Crippen molar-refractivity contribution < 1.29 is 14.1 Å². The van der Waals surface area contributed by atoms with E-state index in [1.54, 1.807) is 7.11 Å². The normalized spacial score (nSPS) is 25.1. The second-order valence-corrected chi connectivity index (χ2v) is 7.93. The third kappa shape index (κ3) is 3.28. The van der Waals surface area contributed by atoms with Crippen LogP contribution >= 0.6 is 0 Å². The lowest BCUT2D eigenvalue weighted by atomic mass is 9.78. The van der Waals surface area contributed by atoms with Crippen molar-refractivity contribution in [1.29, 1.82) is 0 Å². The predicted octanol–water partition coefficient (Wildman–Crippen LogP) is 4.51. The number of nitrogens with one attached hydrogen (secondary N) is 1. The van der Waals surface area contributed by atoms with Crippen LogP contribution in [0.3, 0.4) is 0 Å². The maximum Gasteiger partial charge on any atom is 0.231 e. The highest BCUT2D eigenvalue weighted by Gasteiger charge is 2.53. The van der Waals surface area contributed by atoms with Gasteiger partial charge in [0.1, 0.15) is 5.75 Å². The number of aromatic nitrogens is 2. The molecule has 3 aromatic rings. The lowest BCUT2D eigenvalue weighted by Crippen LogP contribution is -2.32. The van der Waals surface area contributed by atoms with E-state index in [0.717, 1.165) is 36.3 Å². The first kappa shape index (κ1) is 17.9. The molecule has 148 valence electrons. The summed E-state index contributed by atoms with van der Waals surface area (Å²) >= 11 is 0. The van der Waals surface area contributed by atoms with E-state index in [-0.39, 0.29) is 17.7 Å². The minimum atomic E-state index is -0.149. The molecule has 6 nitrogen and oxygen atoms in total. The summed E-state index contributed by atoms with van der Waals surface area (Å²) in [5.74, 6) is 2.52. The molecule has 29 heavy (non-hydrogen) atoms. The first-order valence-corrected chi connectivity index (χ1v) is 10.1. The molecule has 0 spiro atoms. The molecule has 0 unspecified atom stereocenters. The molecule has 0 aliphatic heterocycles. The molecule has 0 saturated heterocycles. The Hall–Kier alpha value is -3.15. The van der Waals surface area contributed by atoms with Crippen LogP contribution in [0.2, 0.25) is 0 Å². The molecule has 4 atom stereocenters. The zero-order valence-corrected chi connectivity index (χ0v) is 16.2. The van der Waals surface area contributed by atoms with Crippen LogP contribution in [-0.4, -0.2) is 23.2 Å². The van der Waals surface area contributed by atoms with Gasteiger partial charge in [0, 0.05) is 17.3 Å². The van der Waals surface area contributed by atoms with Crippen LogP contribution in [0.25, 0.3) is 11.4 Å². The van der Waals surface area contributed by atoms with Crippen molar-refractivity contribution in [2.45, 2.75) is 25.2 Å². The number of carbonyl (C=O) groups is 1. The summed E-state index contributed by atoms with van der Waals surface area (Å²) in [6, 6.07) is 17.2. The topological polar surface area (TPSA) is 77.2 Å². The number of amides is 1. The maximum atomic E-state index is 13.2. The van der Waals surface area contributed by atoms with Crippen LogP contribution in [0.15, 0.2) is 59.1 Å². The zero-order chi connectivity index (χ0) is 19.8. The second-order valence-electron chi connectivity index (χ2n) is 7.93. The molecule has 5 rings (SSSR count). The molecule has 1 heterocycles. The molecule has 2 aliphatic rings. The number of methoxy groups -OCH3 is 1. The van der Waals surface area contributed by atoms with Gasteiger partial charge in [0.05, 0.1) is 18.9 Å². The van der Waals surface area contributed by atoms with Gasteiger partial charge in [0.15, 0.2) is 0 Å². The van der Waals surface area contributed by atoms with Gasteiger partial charge in [-0.05, 0) is 43.2 Å². The van der Waals surface area contributed by atoms with Gasteiger partial charge in [-0.25, -0.2) is 0 Å². The van der Waals surface area contributed by atoms with Crippen molar-refractivity contribution in [2.24, 2.45) is 17.8 Å². The summed E-state index contributed by atoms with van der Waals surface area (Å²) in [5, 5.41) is 7.25. The van der Waals surface area contributed by atoms with Crippen LogP contribution in [0.5, 0.6) is 5.75 Å².